The molecule has 2 aromatic rings. The maximum absolute atomic E-state index is 12.4. The molecule has 0 bridgehead atoms. The molecule has 0 saturated heterocycles. The van der Waals surface area contributed by atoms with Crippen LogP contribution in [0.5, 0.6) is 0 Å². The number of anilines is 1. The summed E-state index contributed by atoms with van der Waals surface area (Å²) in [6.07, 6.45) is 3.84. The first-order chi connectivity index (χ1) is 15.5. The van der Waals surface area contributed by atoms with Crippen LogP contribution >= 0.6 is 0 Å². The van der Waals surface area contributed by atoms with E-state index in [1.54, 1.807) is 0 Å². The molecule has 0 fully saturated rings. The third-order valence-electron chi connectivity index (χ3n) is 4.57. The van der Waals surface area contributed by atoms with Crippen LogP contribution in [0.25, 0.3) is 0 Å². The minimum absolute atomic E-state index is 0.0639. The molecule has 0 aromatic heterocycles. The lowest BCUT2D eigenvalue weighted by Gasteiger charge is -2.15. The van der Waals surface area contributed by atoms with E-state index in [1.807, 2.05) is 32.0 Å². The number of aryl methyl sites for hydroxylation is 2. The summed E-state index contributed by atoms with van der Waals surface area (Å²) in [5.41, 5.74) is 2.38. The van der Waals surface area contributed by atoms with Gasteiger partial charge in [0.15, 0.2) is 6.10 Å². The molecular weight excluding hydrogens is 446 g/mol. The average molecular weight is 472 g/mol. The number of sulfonamides is 1. The number of benzene rings is 2. The van der Waals surface area contributed by atoms with E-state index in [1.165, 1.54) is 25.1 Å². The number of hydrogen-bond donors (Lipinski definition) is 3. The van der Waals surface area contributed by atoms with E-state index in [0.29, 0.717) is 5.69 Å². The van der Waals surface area contributed by atoms with Gasteiger partial charge in [-0.05, 0) is 50.1 Å². The number of rotatable bonds is 9. The molecule has 2 amide bonds. The first-order valence-corrected chi connectivity index (χ1v) is 11.4. The molecular formula is C23H25N3O6S. The molecule has 2 aromatic carbocycles. The summed E-state index contributed by atoms with van der Waals surface area (Å²) in [5.74, 6) is 0.142. The first kappa shape index (κ1) is 25.6. The number of esters is 1. The van der Waals surface area contributed by atoms with Gasteiger partial charge in [0.1, 0.15) is 0 Å². The summed E-state index contributed by atoms with van der Waals surface area (Å²) in [6, 6.07) is 10.7. The lowest BCUT2D eigenvalue weighted by atomic mass is 10.1. The smallest absolute Gasteiger partial charge is 0.338 e. The average Bonchev–Trinajstić information content (AvgIpc) is 2.78. The Morgan fingerprint density at radius 3 is 2.36 bits per heavy atom. The van der Waals surface area contributed by atoms with Gasteiger partial charge in [-0.15, -0.1) is 6.42 Å². The zero-order valence-corrected chi connectivity index (χ0v) is 19.3. The SMILES string of the molecule is C#CCNS(=O)(=O)c1cccc(C(=O)OC(C)C(=O)NCC(=O)Nc2c(C)cccc2C)c1. The summed E-state index contributed by atoms with van der Waals surface area (Å²) in [7, 11) is -3.90. The molecule has 0 radical (unpaired) electrons. The quantitative estimate of drug-likeness (QED) is 0.375. The van der Waals surface area contributed by atoms with Gasteiger partial charge in [-0.1, -0.05) is 30.2 Å². The van der Waals surface area contributed by atoms with E-state index in [-0.39, 0.29) is 23.5 Å². The Morgan fingerprint density at radius 2 is 1.73 bits per heavy atom. The van der Waals surface area contributed by atoms with Gasteiger partial charge in [0.25, 0.3) is 5.91 Å². The van der Waals surface area contributed by atoms with Gasteiger partial charge in [0.05, 0.1) is 23.5 Å². The summed E-state index contributed by atoms with van der Waals surface area (Å²) in [4.78, 5) is 36.6. The van der Waals surface area contributed by atoms with Crippen molar-refractivity contribution in [2.75, 3.05) is 18.4 Å². The zero-order chi connectivity index (χ0) is 24.6. The molecule has 1 atom stereocenters. The molecule has 9 nitrogen and oxygen atoms in total. The monoisotopic (exact) mass is 471 g/mol. The van der Waals surface area contributed by atoms with E-state index in [4.69, 9.17) is 11.2 Å². The van der Waals surface area contributed by atoms with Crippen LogP contribution in [0.2, 0.25) is 0 Å². The fraction of sp³-hybridized carbons (Fsp3) is 0.261. The highest BCUT2D eigenvalue weighted by atomic mass is 32.2. The molecule has 3 N–H and O–H groups in total. The second kappa shape index (κ2) is 11.3. The van der Waals surface area contributed by atoms with Crippen LogP contribution in [0.3, 0.4) is 0 Å². The van der Waals surface area contributed by atoms with Crippen molar-refractivity contribution in [2.24, 2.45) is 0 Å². The third kappa shape index (κ3) is 7.17. The summed E-state index contributed by atoms with van der Waals surface area (Å²) in [6.45, 7) is 4.53. The van der Waals surface area contributed by atoms with Gasteiger partial charge in [-0.25, -0.2) is 13.2 Å². The molecule has 0 heterocycles. The van der Waals surface area contributed by atoms with Gasteiger partial charge in [-0.2, -0.15) is 4.72 Å². The lowest BCUT2D eigenvalue weighted by Crippen LogP contribution is -2.40. The molecule has 0 spiro atoms. The van der Waals surface area contributed by atoms with Crippen LogP contribution in [-0.2, 0) is 24.3 Å². The van der Waals surface area contributed by atoms with Crippen molar-refractivity contribution in [3.63, 3.8) is 0 Å². The third-order valence-corrected chi connectivity index (χ3v) is 5.96. The van der Waals surface area contributed by atoms with Crippen molar-refractivity contribution >= 4 is 33.5 Å². The Labute approximate surface area is 193 Å². The van der Waals surface area contributed by atoms with Crippen molar-refractivity contribution in [1.82, 2.24) is 10.0 Å². The normalized spacial score (nSPS) is 11.7. The van der Waals surface area contributed by atoms with E-state index >= 15 is 0 Å². The van der Waals surface area contributed by atoms with E-state index in [9.17, 15) is 22.8 Å². The van der Waals surface area contributed by atoms with Crippen LogP contribution in [0, 0.1) is 26.2 Å². The van der Waals surface area contributed by atoms with Crippen LogP contribution in [0.4, 0.5) is 5.69 Å². The standard InChI is InChI=1S/C23H25N3O6S/c1-5-12-25-33(30,31)19-11-7-10-18(13-19)23(29)32-17(4)22(28)24-14-20(27)26-21-15(2)8-6-9-16(21)3/h1,6-11,13,17,25H,12,14H2,2-4H3,(H,24,28)(H,26,27). The second-order valence-electron chi connectivity index (χ2n) is 7.14. The Balaban J connectivity index is 1.94. The molecule has 1 unspecified atom stereocenters. The molecule has 0 aliphatic rings. The van der Waals surface area contributed by atoms with Crippen molar-refractivity contribution < 1.29 is 27.5 Å². The number of carbonyl (C=O) groups excluding carboxylic acids is 3. The number of para-hydroxylation sites is 1. The predicted molar refractivity (Wildman–Crippen MR) is 123 cm³/mol. The predicted octanol–water partition coefficient (Wildman–Crippen LogP) is 1.52. The second-order valence-corrected chi connectivity index (χ2v) is 8.90. The fourth-order valence-electron chi connectivity index (χ4n) is 2.80. The Morgan fingerprint density at radius 1 is 1.09 bits per heavy atom. The number of amides is 2. The maximum Gasteiger partial charge on any atom is 0.338 e. The molecule has 33 heavy (non-hydrogen) atoms. The highest BCUT2D eigenvalue weighted by molar-refractivity contribution is 7.89. The summed E-state index contributed by atoms with van der Waals surface area (Å²) >= 11 is 0. The molecule has 0 saturated carbocycles. The minimum atomic E-state index is -3.90. The number of carbonyl (C=O) groups is 3. The summed E-state index contributed by atoms with van der Waals surface area (Å²) in [5, 5.41) is 5.14. The number of terminal acetylenes is 1. The highest BCUT2D eigenvalue weighted by Gasteiger charge is 2.21. The van der Waals surface area contributed by atoms with Gasteiger partial charge >= 0.3 is 5.97 Å². The Kier molecular flexibility index (Phi) is 8.73. The summed E-state index contributed by atoms with van der Waals surface area (Å²) < 4.78 is 31.6. The number of ether oxygens (including phenoxy) is 1. The van der Waals surface area contributed by atoms with Crippen molar-refractivity contribution in [3.05, 3.63) is 59.2 Å². The van der Waals surface area contributed by atoms with Crippen LogP contribution < -0.4 is 15.4 Å². The van der Waals surface area contributed by atoms with Gasteiger partial charge in [0, 0.05) is 5.69 Å². The number of nitrogens with one attached hydrogen (secondary N) is 3. The molecule has 2 rings (SSSR count). The van der Waals surface area contributed by atoms with E-state index in [0.717, 1.165) is 17.2 Å². The highest BCUT2D eigenvalue weighted by Crippen LogP contribution is 2.19. The van der Waals surface area contributed by atoms with Gasteiger partial charge in [-0.3, -0.25) is 9.59 Å². The topological polar surface area (TPSA) is 131 Å². The van der Waals surface area contributed by atoms with Crippen molar-refractivity contribution in [3.8, 4) is 12.3 Å². The molecule has 174 valence electrons. The van der Waals surface area contributed by atoms with Crippen LogP contribution in [0.1, 0.15) is 28.4 Å². The van der Waals surface area contributed by atoms with E-state index in [2.05, 4.69) is 21.3 Å². The Bertz CT molecular complexity index is 1180. The van der Waals surface area contributed by atoms with Gasteiger partial charge in [0.2, 0.25) is 15.9 Å². The fourth-order valence-corrected chi connectivity index (χ4v) is 3.78. The first-order valence-electron chi connectivity index (χ1n) is 9.93. The van der Waals surface area contributed by atoms with Crippen molar-refractivity contribution in [2.45, 2.75) is 31.8 Å². The zero-order valence-electron chi connectivity index (χ0n) is 18.5. The molecule has 0 aliphatic carbocycles. The number of hydrogen-bond acceptors (Lipinski definition) is 6. The van der Waals surface area contributed by atoms with Gasteiger partial charge < -0.3 is 15.4 Å². The minimum Gasteiger partial charge on any atom is -0.449 e. The van der Waals surface area contributed by atoms with E-state index < -0.39 is 33.9 Å². The molecule has 10 heteroatoms. The van der Waals surface area contributed by atoms with Crippen LogP contribution in [0.15, 0.2) is 47.4 Å². The maximum atomic E-state index is 12.4. The Hall–Kier alpha value is -3.68. The van der Waals surface area contributed by atoms with Crippen LogP contribution in [-0.4, -0.2) is 45.4 Å². The van der Waals surface area contributed by atoms with Crippen molar-refractivity contribution in [1.29, 1.82) is 0 Å². The lowest BCUT2D eigenvalue weighted by molar-refractivity contribution is -0.130. The molecule has 0 aliphatic heterocycles. The largest absolute Gasteiger partial charge is 0.449 e.